The van der Waals surface area contributed by atoms with E-state index in [9.17, 15) is 0 Å². The van der Waals surface area contributed by atoms with Crippen LogP contribution in [-0.2, 0) is 0 Å². The Morgan fingerprint density at radius 2 is 2.67 bits per heavy atom. The van der Waals surface area contributed by atoms with Crippen molar-refractivity contribution in [1.29, 1.82) is 0 Å². The van der Waals surface area contributed by atoms with Gasteiger partial charge < -0.3 is 0 Å². The second kappa shape index (κ2) is 2.48. The largest absolute Gasteiger partial charge is 0.264 e. The molecule has 1 aliphatic rings. The molecule has 0 aromatic rings. The van der Waals surface area contributed by atoms with E-state index in [2.05, 4.69) is 11.1 Å². The molecule has 1 radical (unpaired) electrons. The topological polar surface area (TPSA) is 12.0 Å². The molecule has 0 aromatic heterocycles. The summed E-state index contributed by atoms with van der Waals surface area (Å²) in [6, 6.07) is 0. The van der Waals surface area contributed by atoms with Crippen molar-refractivity contribution in [2.45, 2.75) is 6.42 Å². The molecular formula is C4H8NS. The van der Waals surface area contributed by atoms with Crippen LogP contribution in [0.5, 0.6) is 0 Å². The van der Waals surface area contributed by atoms with Crippen molar-refractivity contribution in [3.8, 4) is 0 Å². The normalized spacial score (nSPS) is 24.0. The van der Waals surface area contributed by atoms with Crippen molar-refractivity contribution in [1.82, 2.24) is 4.72 Å². The highest BCUT2D eigenvalue weighted by Gasteiger charge is 1.94. The Bertz CT molecular complexity index is 23.0. The molecule has 6 heavy (non-hydrogen) atoms. The third kappa shape index (κ3) is 1.19. The van der Waals surface area contributed by atoms with Gasteiger partial charge in [0.1, 0.15) is 0 Å². The first-order chi connectivity index (χ1) is 3.00. The van der Waals surface area contributed by atoms with Gasteiger partial charge in [-0.25, -0.2) is 0 Å². The standard InChI is InChI=1S/C4H8NS/c1-2-4-6-5-3-1/h1,5H,2-4H2. The van der Waals surface area contributed by atoms with Crippen molar-refractivity contribution in [2.75, 3.05) is 12.3 Å². The fraction of sp³-hybridized carbons (Fsp3) is 0.750. The molecule has 0 amide bonds. The predicted octanol–water partition coefficient (Wildman–Crippen LogP) is 0.832. The molecular weight excluding hydrogens is 94.1 g/mol. The minimum Gasteiger partial charge on any atom is -0.264 e. The van der Waals surface area contributed by atoms with Crippen LogP contribution in [0.25, 0.3) is 0 Å². The zero-order valence-corrected chi connectivity index (χ0v) is 4.42. The Labute approximate surface area is 42.6 Å². The maximum absolute atomic E-state index is 3.15. The lowest BCUT2D eigenvalue weighted by Crippen LogP contribution is -2.12. The van der Waals surface area contributed by atoms with Crippen molar-refractivity contribution in [3.05, 3.63) is 6.42 Å². The Morgan fingerprint density at radius 3 is 2.83 bits per heavy atom. The zero-order chi connectivity index (χ0) is 4.24. The summed E-state index contributed by atoms with van der Waals surface area (Å²) in [5.74, 6) is 1.25. The average molecular weight is 102 g/mol. The van der Waals surface area contributed by atoms with Crippen LogP contribution in [0.1, 0.15) is 6.42 Å². The van der Waals surface area contributed by atoms with Gasteiger partial charge >= 0.3 is 0 Å². The molecule has 1 aliphatic heterocycles. The van der Waals surface area contributed by atoms with Crippen molar-refractivity contribution in [2.24, 2.45) is 0 Å². The molecule has 0 atom stereocenters. The molecule has 0 unspecified atom stereocenters. The fourth-order valence-corrected chi connectivity index (χ4v) is 1.10. The van der Waals surface area contributed by atoms with Crippen molar-refractivity contribution in [3.63, 3.8) is 0 Å². The molecule has 0 saturated carbocycles. The Kier molecular flexibility index (Phi) is 1.85. The Balaban J connectivity index is 2.00. The van der Waals surface area contributed by atoms with Gasteiger partial charge in [-0.15, -0.1) is 0 Å². The van der Waals surface area contributed by atoms with Gasteiger partial charge in [0.25, 0.3) is 0 Å². The second-order valence-electron chi connectivity index (χ2n) is 1.27. The van der Waals surface area contributed by atoms with Crippen LogP contribution < -0.4 is 4.72 Å². The summed E-state index contributed by atoms with van der Waals surface area (Å²) in [6.45, 7) is 1.09. The lowest BCUT2D eigenvalue weighted by molar-refractivity contribution is 0.923. The summed E-state index contributed by atoms with van der Waals surface area (Å²) < 4.78 is 3.15. The second-order valence-corrected chi connectivity index (χ2v) is 2.26. The monoisotopic (exact) mass is 102 g/mol. The SMILES string of the molecule is [CH]1CCSNC1. The summed E-state index contributed by atoms with van der Waals surface area (Å²) in [7, 11) is 0. The third-order valence-corrected chi connectivity index (χ3v) is 1.56. The van der Waals surface area contributed by atoms with Crippen molar-refractivity contribution >= 4 is 11.9 Å². The maximum Gasteiger partial charge on any atom is 0.00903 e. The minimum atomic E-state index is 1.09. The van der Waals surface area contributed by atoms with E-state index >= 15 is 0 Å². The molecule has 1 heterocycles. The number of nitrogens with one attached hydrogen (secondary N) is 1. The first-order valence-corrected chi connectivity index (χ1v) is 3.15. The lowest BCUT2D eigenvalue weighted by Gasteiger charge is -2.07. The summed E-state index contributed by atoms with van der Waals surface area (Å²) in [4.78, 5) is 0. The van der Waals surface area contributed by atoms with Gasteiger partial charge in [0.15, 0.2) is 0 Å². The van der Waals surface area contributed by atoms with Crippen LogP contribution in [0.2, 0.25) is 0 Å². The average Bonchev–Trinajstić information content (AvgIpc) is 1.72. The molecule has 0 spiro atoms. The van der Waals surface area contributed by atoms with Gasteiger partial charge in [-0.3, -0.25) is 4.72 Å². The van der Waals surface area contributed by atoms with Crippen LogP contribution in [0.4, 0.5) is 0 Å². The van der Waals surface area contributed by atoms with E-state index in [-0.39, 0.29) is 0 Å². The molecule has 0 bridgehead atoms. The van der Waals surface area contributed by atoms with Crippen LogP contribution in [0, 0.1) is 6.42 Å². The van der Waals surface area contributed by atoms with Crippen LogP contribution in [-0.4, -0.2) is 12.3 Å². The Hall–Kier alpha value is 0.310. The number of hydrogen-bond donors (Lipinski definition) is 1. The van der Waals surface area contributed by atoms with Gasteiger partial charge in [-0.05, 0) is 12.8 Å². The van der Waals surface area contributed by atoms with Gasteiger partial charge in [0, 0.05) is 12.3 Å². The van der Waals surface area contributed by atoms with Gasteiger partial charge in [0.05, 0.1) is 0 Å². The number of rotatable bonds is 0. The third-order valence-electron chi connectivity index (χ3n) is 0.754. The smallest absolute Gasteiger partial charge is 0.00903 e. The molecule has 35 valence electrons. The highest BCUT2D eigenvalue weighted by molar-refractivity contribution is 7.97. The summed E-state index contributed by atoms with van der Waals surface area (Å²) >= 11 is 1.81. The highest BCUT2D eigenvalue weighted by atomic mass is 32.2. The molecule has 1 rings (SSSR count). The van der Waals surface area contributed by atoms with Crippen LogP contribution >= 0.6 is 11.9 Å². The van der Waals surface area contributed by atoms with E-state index in [1.165, 1.54) is 12.2 Å². The molecule has 1 N–H and O–H groups in total. The van der Waals surface area contributed by atoms with E-state index in [1.54, 1.807) is 0 Å². The summed E-state index contributed by atoms with van der Waals surface area (Å²) in [6.07, 6.45) is 3.54. The molecule has 1 saturated heterocycles. The minimum absolute atomic E-state index is 1.09. The molecule has 0 aliphatic carbocycles. The molecule has 1 nitrogen and oxygen atoms in total. The first-order valence-electron chi connectivity index (χ1n) is 2.16. The summed E-state index contributed by atoms with van der Waals surface area (Å²) in [5.41, 5.74) is 0. The first kappa shape index (κ1) is 4.47. The molecule has 2 heteroatoms. The van der Waals surface area contributed by atoms with E-state index < -0.39 is 0 Å². The van der Waals surface area contributed by atoms with Crippen LogP contribution in [0.3, 0.4) is 0 Å². The van der Waals surface area contributed by atoms with Gasteiger partial charge in [0.2, 0.25) is 0 Å². The van der Waals surface area contributed by atoms with Crippen LogP contribution in [0.15, 0.2) is 0 Å². The van der Waals surface area contributed by atoms with E-state index in [0.717, 1.165) is 6.54 Å². The van der Waals surface area contributed by atoms with Crippen molar-refractivity contribution < 1.29 is 0 Å². The summed E-state index contributed by atoms with van der Waals surface area (Å²) in [5, 5.41) is 0. The maximum atomic E-state index is 3.15. The van der Waals surface area contributed by atoms with Gasteiger partial charge in [-0.1, -0.05) is 11.9 Å². The molecule has 0 aromatic carbocycles. The van der Waals surface area contributed by atoms with E-state index in [4.69, 9.17) is 0 Å². The Morgan fingerprint density at radius 1 is 1.67 bits per heavy atom. The van der Waals surface area contributed by atoms with Gasteiger partial charge in [-0.2, -0.15) is 0 Å². The predicted molar refractivity (Wildman–Crippen MR) is 29.4 cm³/mol. The zero-order valence-electron chi connectivity index (χ0n) is 3.61. The fourth-order valence-electron chi connectivity index (χ4n) is 0.434. The highest BCUT2D eigenvalue weighted by Crippen LogP contribution is 2.03. The molecule has 1 fully saturated rings. The van der Waals surface area contributed by atoms with E-state index in [1.807, 2.05) is 11.9 Å². The lowest BCUT2D eigenvalue weighted by atomic mass is 10.3. The quantitative estimate of drug-likeness (QED) is 0.455. The number of hydrogen-bond acceptors (Lipinski definition) is 2. The van der Waals surface area contributed by atoms with E-state index in [0.29, 0.717) is 0 Å².